The third kappa shape index (κ3) is 3.42. The Hall–Kier alpha value is -2.38. The van der Waals surface area contributed by atoms with Crippen LogP contribution < -0.4 is 4.74 Å². The number of hydrogen-bond donors (Lipinski definition) is 1. The van der Waals surface area contributed by atoms with Gasteiger partial charge in [0.15, 0.2) is 0 Å². The molecule has 1 amide bonds. The summed E-state index contributed by atoms with van der Waals surface area (Å²) in [6.07, 6.45) is 0. The zero-order valence-electron chi connectivity index (χ0n) is 13.6. The second-order valence-corrected chi connectivity index (χ2v) is 5.49. The van der Waals surface area contributed by atoms with Crippen LogP contribution in [0.4, 0.5) is 0 Å². The highest BCUT2D eigenvalue weighted by molar-refractivity contribution is 5.94. The maximum absolute atomic E-state index is 12.6. The molecule has 0 unspecified atom stereocenters. The smallest absolute Gasteiger partial charge is 0.272 e. The first-order chi connectivity index (χ1) is 11.7. The van der Waals surface area contributed by atoms with Crippen LogP contribution >= 0.6 is 0 Å². The summed E-state index contributed by atoms with van der Waals surface area (Å²) in [5.74, 6) is 0.744. The Morgan fingerprint density at radius 3 is 2.71 bits per heavy atom. The van der Waals surface area contributed by atoms with Crippen molar-refractivity contribution >= 4 is 5.91 Å². The first-order valence-corrected chi connectivity index (χ1v) is 7.93. The summed E-state index contributed by atoms with van der Waals surface area (Å²) in [6.45, 7) is 2.50. The minimum atomic E-state index is -0.0406. The largest absolute Gasteiger partial charge is 0.497 e. The molecule has 1 aromatic heterocycles. The average molecular weight is 331 g/mol. The van der Waals surface area contributed by atoms with Gasteiger partial charge in [-0.25, -0.2) is 0 Å². The highest BCUT2D eigenvalue weighted by atomic mass is 16.5. The molecule has 0 fully saturated rings. The number of aromatic nitrogens is 2. The van der Waals surface area contributed by atoms with Gasteiger partial charge < -0.3 is 19.5 Å². The van der Waals surface area contributed by atoms with Gasteiger partial charge in [-0.05, 0) is 30.3 Å². The van der Waals surface area contributed by atoms with Gasteiger partial charge in [-0.1, -0.05) is 0 Å². The van der Waals surface area contributed by atoms with Crippen LogP contribution in [-0.2, 0) is 11.3 Å². The van der Waals surface area contributed by atoms with E-state index in [0.29, 0.717) is 38.5 Å². The second kappa shape index (κ2) is 7.46. The minimum Gasteiger partial charge on any atom is -0.497 e. The number of methoxy groups -OCH3 is 1. The summed E-state index contributed by atoms with van der Waals surface area (Å²) in [6, 6.07) is 9.43. The van der Waals surface area contributed by atoms with Gasteiger partial charge in [-0.3, -0.25) is 9.48 Å². The van der Waals surface area contributed by atoms with Crippen molar-refractivity contribution in [2.24, 2.45) is 0 Å². The molecule has 0 atom stereocenters. The molecule has 2 heterocycles. The fraction of sp³-hybridized carbons (Fsp3) is 0.412. The monoisotopic (exact) mass is 331 g/mol. The number of hydrogen-bond acceptors (Lipinski definition) is 5. The summed E-state index contributed by atoms with van der Waals surface area (Å²) < 4.78 is 12.2. The molecule has 7 heteroatoms. The van der Waals surface area contributed by atoms with Crippen molar-refractivity contribution in [3.63, 3.8) is 0 Å². The lowest BCUT2D eigenvalue weighted by molar-refractivity contribution is 0.0516. The second-order valence-electron chi connectivity index (χ2n) is 5.49. The van der Waals surface area contributed by atoms with Gasteiger partial charge in [-0.2, -0.15) is 5.10 Å². The van der Waals surface area contributed by atoms with Gasteiger partial charge in [0.1, 0.15) is 11.4 Å². The van der Waals surface area contributed by atoms with Gasteiger partial charge in [0, 0.05) is 18.7 Å². The lowest BCUT2D eigenvalue weighted by Crippen LogP contribution is -2.42. The molecule has 0 bridgehead atoms. The van der Waals surface area contributed by atoms with Gasteiger partial charge >= 0.3 is 0 Å². The molecule has 7 nitrogen and oxygen atoms in total. The molecule has 3 rings (SSSR count). The van der Waals surface area contributed by atoms with E-state index in [1.807, 2.05) is 30.3 Å². The zero-order chi connectivity index (χ0) is 16.9. The standard InChI is InChI=1S/C17H21N3O4/c1-23-14-4-2-13(3-5-14)15-12-16-17(22)19(6-7-20(16)18-15)8-10-24-11-9-21/h2-5,12,21H,6-11H2,1H3. The first-order valence-electron chi connectivity index (χ1n) is 7.93. The Balaban J connectivity index is 1.72. The lowest BCUT2D eigenvalue weighted by atomic mass is 10.1. The number of carbonyl (C=O) groups is 1. The Morgan fingerprint density at radius 2 is 2.00 bits per heavy atom. The average Bonchev–Trinajstić information content (AvgIpc) is 3.05. The molecule has 24 heavy (non-hydrogen) atoms. The lowest BCUT2D eigenvalue weighted by Gasteiger charge is -2.27. The summed E-state index contributed by atoms with van der Waals surface area (Å²) in [7, 11) is 1.63. The quantitative estimate of drug-likeness (QED) is 0.767. The molecule has 2 aromatic rings. The summed E-state index contributed by atoms with van der Waals surface area (Å²) in [5.41, 5.74) is 2.32. The maximum Gasteiger partial charge on any atom is 0.272 e. The number of amides is 1. The van der Waals surface area contributed by atoms with Crippen molar-refractivity contribution in [1.29, 1.82) is 0 Å². The van der Waals surface area contributed by atoms with E-state index < -0.39 is 0 Å². The third-order valence-electron chi connectivity index (χ3n) is 3.99. The number of fused-ring (bicyclic) bond motifs is 1. The highest BCUT2D eigenvalue weighted by Gasteiger charge is 2.26. The molecular formula is C17H21N3O4. The van der Waals surface area contributed by atoms with Gasteiger partial charge in [0.25, 0.3) is 5.91 Å². The summed E-state index contributed by atoms with van der Waals surface area (Å²) >= 11 is 0. The van der Waals surface area contributed by atoms with Crippen LogP contribution in [0.25, 0.3) is 11.3 Å². The van der Waals surface area contributed by atoms with Crippen LogP contribution in [0, 0.1) is 0 Å². The number of nitrogens with zero attached hydrogens (tertiary/aromatic N) is 3. The molecule has 0 spiro atoms. The van der Waals surface area contributed by atoms with Crippen molar-refractivity contribution in [3.05, 3.63) is 36.0 Å². The van der Waals surface area contributed by atoms with E-state index in [4.69, 9.17) is 14.6 Å². The predicted molar refractivity (Wildman–Crippen MR) is 88.0 cm³/mol. The van der Waals surface area contributed by atoms with E-state index in [-0.39, 0.29) is 12.5 Å². The topological polar surface area (TPSA) is 76.8 Å². The van der Waals surface area contributed by atoms with Crippen LogP contribution in [0.5, 0.6) is 5.75 Å². The SMILES string of the molecule is COc1ccc(-c2cc3n(n2)CCN(CCOCCO)C3=O)cc1. The highest BCUT2D eigenvalue weighted by Crippen LogP contribution is 2.24. The first kappa shape index (κ1) is 16.5. The zero-order valence-corrected chi connectivity index (χ0v) is 13.6. The normalized spacial score (nSPS) is 13.9. The number of benzene rings is 1. The molecule has 1 aliphatic rings. The number of ether oxygens (including phenoxy) is 2. The fourth-order valence-electron chi connectivity index (χ4n) is 2.70. The fourth-order valence-corrected chi connectivity index (χ4v) is 2.70. The van der Waals surface area contributed by atoms with Crippen LogP contribution in [0.2, 0.25) is 0 Å². The Morgan fingerprint density at radius 1 is 1.21 bits per heavy atom. The van der Waals surface area contributed by atoms with E-state index in [9.17, 15) is 4.79 Å². The van der Waals surface area contributed by atoms with Gasteiger partial charge in [-0.15, -0.1) is 0 Å². The van der Waals surface area contributed by atoms with E-state index in [0.717, 1.165) is 17.0 Å². The Kier molecular flexibility index (Phi) is 5.12. The summed E-state index contributed by atoms with van der Waals surface area (Å²) in [4.78, 5) is 14.3. The van der Waals surface area contributed by atoms with Crippen molar-refractivity contribution in [2.75, 3.05) is 40.0 Å². The predicted octanol–water partition coefficient (Wildman–Crippen LogP) is 1.02. The summed E-state index contributed by atoms with van der Waals surface area (Å²) in [5, 5.41) is 13.2. The van der Waals surface area contributed by atoms with Crippen LogP contribution in [0.15, 0.2) is 30.3 Å². The number of rotatable bonds is 7. The van der Waals surface area contributed by atoms with Crippen molar-refractivity contribution < 1.29 is 19.4 Å². The molecule has 1 aromatic carbocycles. The number of aliphatic hydroxyl groups is 1. The number of aliphatic hydroxyl groups excluding tert-OH is 1. The van der Waals surface area contributed by atoms with Crippen LogP contribution in [0.3, 0.4) is 0 Å². The van der Waals surface area contributed by atoms with Crippen molar-refractivity contribution in [3.8, 4) is 17.0 Å². The Bertz CT molecular complexity index is 696. The van der Waals surface area contributed by atoms with Gasteiger partial charge in [0.2, 0.25) is 0 Å². The van der Waals surface area contributed by atoms with Crippen molar-refractivity contribution in [1.82, 2.24) is 14.7 Å². The Labute approximate surface area is 140 Å². The minimum absolute atomic E-state index is 0.00800. The van der Waals surface area contributed by atoms with Crippen molar-refractivity contribution in [2.45, 2.75) is 6.54 Å². The molecule has 0 saturated carbocycles. The van der Waals surface area contributed by atoms with Gasteiger partial charge in [0.05, 0.1) is 39.2 Å². The third-order valence-corrected chi connectivity index (χ3v) is 3.99. The van der Waals surface area contributed by atoms with Crippen LogP contribution in [-0.4, -0.2) is 65.7 Å². The molecule has 0 aliphatic carbocycles. The number of carbonyl (C=O) groups excluding carboxylic acids is 1. The van der Waals surface area contributed by atoms with E-state index >= 15 is 0 Å². The molecule has 128 valence electrons. The molecule has 1 aliphatic heterocycles. The van der Waals surface area contributed by atoms with E-state index in [1.165, 1.54) is 0 Å². The maximum atomic E-state index is 12.6. The molecule has 0 radical (unpaired) electrons. The van der Waals surface area contributed by atoms with E-state index in [2.05, 4.69) is 5.10 Å². The van der Waals surface area contributed by atoms with Crippen LogP contribution in [0.1, 0.15) is 10.5 Å². The van der Waals surface area contributed by atoms with E-state index in [1.54, 1.807) is 16.7 Å². The molecular weight excluding hydrogens is 310 g/mol. The molecule has 0 saturated heterocycles. The molecule has 1 N–H and O–H groups in total.